The fourth-order valence-electron chi connectivity index (χ4n) is 2.18. The van der Waals surface area contributed by atoms with Crippen LogP contribution in [0.3, 0.4) is 0 Å². The maximum absolute atomic E-state index is 13.8. The zero-order valence-corrected chi connectivity index (χ0v) is 11.2. The average molecular weight is 279 g/mol. The van der Waals surface area contributed by atoms with E-state index in [0.29, 0.717) is 13.0 Å². The summed E-state index contributed by atoms with van der Waals surface area (Å²) in [4.78, 5) is 0. The molecule has 0 aromatic heterocycles. The van der Waals surface area contributed by atoms with Crippen LogP contribution in [0.15, 0.2) is 42.5 Å². The molecule has 0 spiro atoms. The van der Waals surface area contributed by atoms with Gasteiger partial charge in [-0.2, -0.15) is 0 Å². The molecule has 1 unspecified atom stereocenters. The van der Waals surface area contributed by atoms with E-state index in [0.717, 1.165) is 17.7 Å². The highest BCUT2D eigenvalue weighted by atomic mass is 19.1. The zero-order chi connectivity index (χ0) is 14.5. The molecule has 0 radical (unpaired) electrons. The van der Waals surface area contributed by atoms with Crippen LogP contribution >= 0.6 is 0 Å². The summed E-state index contributed by atoms with van der Waals surface area (Å²) in [6.45, 7) is 2.52. The lowest BCUT2D eigenvalue weighted by Gasteiger charge is -2.19. The Labute approximate surface area is 116 Å². The van der Waals surface area contributed by atoms with E-state index in [4.69, 9.17) is 0 Å². The van der Waals surface area contributed by atoms with Gasteiger partial charge in [0.1, 0.15) is 17.5 Å². The molecule has 106 valence electrons. The molecule has 0 aliphatic rings. The number of hydrogen-bond acceptors (Lipinski definition) is 1. The Bertz CT molecular complexity index is 566. The minimum atomic E-state index is -0.469. The molecule has 0 amide bonds. The van der Waals surface area contributed by atoms with Crippen LogP contribution in [0.5, 0.6) is 0 Å². The van der Waals surface area contributed by atoms with E-state index in [1.165, 1.54) is 18.2 Å². The van der Waals surface area contributed by atoms with Crippen LogP contribution in [0.2, 0.25) is 0 Å². The summed E-state index contributed by atoms with van der Waals surface area (Å²) in [6, 6.07) is 9.10. The molecule has 1 nitrogen and oxygen atoms in total. The first-order valence-electron chi connectivity index (χ1n) is 6.53. The fourth-order valence-corrected chi connectivity index (χ4v) is 2.18. The molecular formula is C16H16F3N. The van der Waals surface area contributed by atoms with Crippen LogP contribution in [-0.4, -0.2) is 6.54 Å². The molecule has 1 atom stereocenters. The van der Waals surface area contributed by atoms with Crippen molar-refractivity contribution in [3.63, 3.8) is 0 Å². The molecule has 0 saturated heterocycles. The summed E-state index contributed by atoms with van der Waals surface area (Å²) in [5.74, 6) is -1.23. The third kappa shape index (κ3) is 3.61. The lowest BCUT2D eigenvalue weighted by atomic mass is 9.98. The molecule has 0 fully saturated rings. The van der Waals surface area contributed by atoms with Crippen molar-refractivity contribution < 1.29 is 13.2 Å². The molecule has 0 bridgehead atoms. The SMILES string of the molecule is CCNC(Cc1ccc(F)cc1)c1cc(F)ccc1F. The number of benzene rings is 2. The van der Waals surface area contributed by atoms with E-state index in [9.17, 15) is 13.2 Å². The highest BCUT2D eigenvalue weighted by molar-refractivity contribution is 5.26. The van der Waals surface area contributed by atoms with Crippen molar-refractivity contribution in [1.82, 2.24) is 5.32 Å². The third-order valence-corrected chi connectivity index (χ3v) is 3.14. The highest BCUT2D eigenvalue weighted by Gasteiger charge is 2.16. The Morgan fingerprint density at radius 2 is 1.60 bits per heavy atom. The van der Waals surface area contributed by atoms with Gasteiger partial charge in [0.15, 0.2) is 0 Å². The number of rotatable bonds is 5. The Kier molecular flexibility index (Phi) is 4.79. The monoisotopic (exact) mass is 279 g/mol. The van der Waals surface area contributed by atoms with Crippen LogP contribution in [0, 0.1) is 17.5 Å². The molecule has 4 heteroatoms. The topological polar surface area (TPSA) is 12.0 Å². The lowest BCUT2D eigenvalue weighted by molar-refractivity contribution is 0.501. The summed E-state index contributed by atoms with van der Waals surface area (Å²) in [5, 5.41) is 3.13. The third-order valence-electron chi connectivity index (χ3n) is 3.14. The normalized spacial score (nSPS) is 12.4. The number of hydrogen-bond donors (Lipinski definition) is 1. The predicted octanol–water partition coefficient (Wildman–Crippen LogP) is 4.00. The second-order valence-corrected chi connectivity index (χ2v) is 4.61. The van der Waals surface area contributed by atoms with Gasteiger partial charge in [0.05, 0.1) is 0 Å². The van der Waals surface area contributed by atoms with Crippen LogP contribution in [0.4, 0.5) is 13.2 Å². The molecule has 0 aliphatic carbocycles. The van der Waals surface area contributed by atoms with Gasteiger partial charge in [-0.05, 0) is 48.9 Å². The molecule has 20 heavy (non-hydrogen) atoms. The van der Waals surface area contributed by atoms with Gasteiger partial charge in [-0.3, -0.25) is 0 Å². The first-order chi connectivity index (χ1) is 9.60. The Hall–Kier alpha value is -1.81. The lowest BCUT2D eigenvalue weighted by Crippen LogP contribution is -2.24. The Morgan fingerprint density at radius 1 is 0.950 bits per heavy atom. The predicted molar refractivity (Wildman–Crippen MR) is 72.9 cm³/mol. The van der Waals surface area contributed by atoms with Gasteiger partial charge in [-0.15, -0.1) is 0 Å². The van der Waals surface area contributed by atoms with Gasteiger partial charge in [-0.1, -0.05) is 19.1 Å². The second kappa shape index (κ2) is 6.57. The van der Waals surface area contributed by atoms with Crippen molar-refractivity contribution in [1.29, 1.82) is 0 Å². The van der Waals surface area contributed by atoms with Gasteiger partial charge in [0.2, 0.25) is 0 Å². The zero-order valence-electron chi connectivity index (χ0n) is 11.2. The molecule has 0 saturated carbocycles. The van der Waals surface area contributed by atoms with E-state index in [2.05, 4.69) is 5.32 Å². The molecular weight excluding hydrogens is 263 g/mol. The Balaban J connectivity index is 2.26. The first kappa shape index (κ1) is 14.6. The van der Waals surface area contributed by atoms with Crippen LogP contribution in [0.25, 0.3) is 0 Å². The van der Waals surface area contributed by atoms with Crippen molar-refractivity contribution in [3.05, 3.63) is 71.0 Å². The van der Waals surface area contributed by atoms with Gasteiger partial charge in [0.25, 0.3) is 0 Å². The minimum Gasteiger partial charge on any atom is -0.310 e. The number of nitrogens with one attached hydrogen (secondary N) is 1. The number of likely N-dealkylation sites (N-methyl/N-ethyl adjacent to an activating group) is 1. The van der Waals surface area contributed by atoms with Crippen LogP contribution < -0.4 is 5.32 Å². The average Bonchev–Trinajstić information content (AvgIpc) is 2.43. The summed E-state index contributed by atoms with van der Waals surface area (Å²) >= 11 is 0. The summed E-state index contributed by atoms with van der Waals surface area (Å²) in [7, 11) is 0. The van der Waals surface area contributed by atoms with Crippen molar-refractivity contribution >= 4 is 0 Å². The smallest absolute Gasteiger partial charge is 0.128 e. The standard InChI is InChI=1S/C16H16F3N/c1-2-20-16(9-11-3-5-12(17)6-4-11)14-10-13(18)7-8-15(14)19/h3-8,10,16,20H,2,9H2,1H3. The van der Waals surface area contributed by atoms with Crippen molar-refractivity contribution in [3.8, 4) is 0 Å². The highest BCUT2D eigenvalue weighted by Crippen LogP contribution is 2.22. The Morgan fingerprint density at radius 3 is 2.25 bits per heavy atom. The van der Waals surface area contributed by atoms with Gasteiger partial charge in [0, 0.05) is 11.6 Å². The molecule has 0 aliphatic heterocycles. The molecule has 2 aromatic rings. The van der Waals surface area contributed by atoms with Crippen LogP contribution in [0.1, 0.15) is 24.1 Å². The van der Waals surface area contributed by atoms with E-state index in [-0.39, 0.29) is 17.4 Å². The minimum absolute atomic E-state index is 0.288. The molecule has 2 aromatic carbocycles. The van der Waals surface area contributed by atoms with Gasteiger partial charge in [-0.25, -0.2) is 13.2 Å². The van der Waals surface area contributed by atoms with Crippen molar-refractivity contribution in [2.45, 2.75) is 19.4 Å². The fraction of sp³-hybridized carbons (Fsp3) is 0.250. The summed E-state index contributed by atoms with van der Waals surface area (Å²) in [6.07, 6.45) is 0.467. The van der Waals surface area contributed by atoms with Gasteiger partial charge < -0.3 is 5.32 Å². The largest absolute Gasteiger partial charge is 0.310 e. The van der Waals surface area contributed by atoms with Crippen molar-refractivity contribution in [2.24, 2.45) is 0 Å². The van der Waals surface area contributed by atoms with E-state index in [1.807, 2.05) is 6.92 Å². The quantitative estimate of drug-likeness (QED) is 0.872. The van der Waals surface area contributed by atoms with E-state index < -0.39 is 11.6 Å². The molecule has 2 rings (SSSR count). The molecule has 1 N–H and O–H groups in total. The number of halogens is 3. The maximum atomic E-state index is 13.8. The van der Waals surface area contributed by atoms with E-state index in [1.54, 1.807) is 12.1 Å². The molecule has 0 heterocycles. The van der Waals surface area contributed by atoms with Crippen LogP contribution in [-0.2, 0) is 6.42 Å². The van der Waals surface area contributed by atoms with Gasteiger partial charge >= 0.3 is 0 Å². The van der Waals surface area contributed by atoms with Crippen molar-refractivity contribution in [2.75, 3.05) is 6.54 Å². The summed E-state index contributed by atoms with van der Waals surface area (Å²) < 4.78 is 40.0. The first-order valence-corrected chi connectivity index (χ1v) is 6.53. The summed E-state index contributed by atoms with van der Waals surface area (Å²) in [5.41, 5.74) is 1.15. The van der Waals surface area contributed by atoms with E-state index >= 15 is 0 Å². The second-order valence-electron chi connectivity index (χ2n) is 4.61. The maximum Gasteiger partial charge on any atom is 0.128 e.